The van der Waals surface area contributed by atoms with Crippen LogP contribution in [0.25, 0.3) is 0 Å². The van der Waals surface area contributed by atoms with Crippen LogP contribution in [0.4, 0.5) is 0 Å². The van der Waals surface area contributed by atoms with Gasteiger partial charge in [-0.3, -0.25) is 4.79 Å². The Morgan fingerprint density at radius 1 is 1.67 bits per heavy atom. The molecular formula is C12H16N4O4S. The van der Waals surface area contributed by atoms with Crippen LogP contribution in [-0.4, -0.2) is 62.2 Å². The van der Waals surface area contributed by atoms with Crippen molar-refractivity contribution in [1.29, 1.82) is 5.26 Å². The van der Waals surface area contributed by atoms with Gasteiger partial charge in [-0.2, -0.15) is 9.57 Å². The summed E-state index contributed by atoms with van der Waals surface area (Å²) in [5, 5.41) is 11.3. The molecule has 8 nitrogen and oxygen atoms in total. The zero-order valence-electron chi connectivity index (χ0n) is 11.5. The van der Waals surface area contributed by atoms with Gasteiger partial charge in [0.2, 0.25) is 10.0 Å². The fourth-order valence-corrected chi connectivity index (χ4v) is 2.85. The van der Waals surface area contributed by atoms with Gasteiger partial charge in [0.1, 0.15) is 11.8 Å². The third-order valence-corrected chi connectivity index (χ3v) is 4.39. The molecule has 114 valence electrons. The van der Waals surface area contributed by atoms with Crippen molar-refractivity contribution in [1.82, 2.24) is 14.6 Å². The van der Waals surface area contributed by atoms with Crippen molar-refractivity contribution in [2.75, 3.05) is 32.5 Å². The average molecular weight is 312 g/mol. The predicted octanol–water partition coefficient (Wildman–Crippen LogP) is -0.723. The summed E-state index contributed by atoms with van der Waals surface area (Å²) in [5.41, 5.74) is 0.652. The van der Waals surface area contributed by atoms with Crippen molar-refractivity contribution in [3.63, 3.8) is 0 Å². The first-order valence-corrected chi connectivity index (χ1v) is 8.18. The summed E-state index contributed by atoms with van der Waals surface area (Å²) in [7, 11) is -3.25. The lowest BCUT2D eigenvalue weighted by atomic mass is 10.3. The van der Waals surface area contributed by atoms with Crippen LogP contribution in [0.15, 0.2) is 12.3 Å². The second kappa shape index (κ2) is 6.26. The van der Waals surface area contributed by atoms with Gasteiger partial charge in [0.15, 0.2) is 0 Å². The van der Waals surface area contributed by atoms with Gasteiger partial charge in [0.25, 0.3) is 5.91 Å². The number of rotatable bonds is 4. The zero-order chi connectivity index (χ0) is 15.5. The molecule has 0 aliphatic carbocycles. The van der Waals surface area contributed by atoms with E-state index >= 15 is 0 Å². The van der Waals surface area contributed by atoms with E-state index in [1.165, 1.54) is 16.6 Å². The van der Waals surface area contributed by atoms with E-state index in [9.17, 15) is 13.2 Å². The number of nitrogens with one attached hydrogen (secondary N) is 2. The number of carbonyl (C=O) groups excluding carboxylic acids is 1. The van der Waals surface area contributed by atoms with E-state index in [1.807, 2.05) is 6.07 Å². The molecule has 1 saturated heterocycles. The minimum atomic E-state index is -3.25. The monoisotopic (exact) mass is 312 g/mol. The SMILES string of the molecule is CS(=O)(=O)N1CCOC(CNC(=O)c2cc(C#N)c[nH]2)C1. The average Bonchev–Trinajstić information content (AvgIpc) is 2.93. The van der Waals surface area contributed by atoms with Crippen LogP contribution in [0.5, 0.6) is 0 Å². The molecule has 1 amide bonds. The maximum absolute atomic E-state index is 11.9. The number of aromatic amines is 1. The van der Waals surface area contributed by atoms with Crippen molar-refractivity contribution < 1.29 is 17.9 Å². The summed E-state index contributed by atoms with van der Waals surface area (Å²) in [4.78, 5) is 14.6. The molecule has 0 aromatic carbocycles. The number of nitrogens with zero attached hydrogens (tertiary/aromatic N) is 2. The quantitative estimate of drug-likeness (QED) is 0.761. The second-order valence-electron chi connectivity index (χ2n) is 4.74. The van der Waals surface area contributed by atoms with E-state index in [2.05, 4.69) is 10.3 Å². The van der Waals surface area contributed by atoms with Gasteiger partial charge in [-0.15, -0.1) is 0 Å². The van der Waals surface area contributed by atoms with Crippen LogP contribution in [0.2, 0.25) is 0 Å². The molecule has 1 aliphatic heterocycles. The Morgan fingerprint density at radius 3 is 3.05 bits per heavy atom. The van der Waals surface area contributed by atoms with Crippen molar-refractivity contribution in [3.05, 3.63) is 23.5 Å². The Kier molecular flexibility index (Phi) is 4.62. The highest BCUT2D eigenvalue weighted by Crippen LogP contribution is 2.08. The van der Waals surface area contributed by atoms with Gasteiger partial charge in [-0.05, 0) is 6.07 Å². The molecule has 1 fully saturated rings. The highest BCUT2D eigenvalue weighted by Gasteiger charge is 2.26. The smallest absolute Gasteiger partial charge is 0.267 e. The van der Waals surface area contributed by atoms with Crippen LogP contribution < -0.4 is 5.32 Å². The summed E-state index contributed by atoms with van der Waals surface area (Å²) in [6.07, 6.45) is 2.20. The number of amides is 1. The molecule has 21 heavy (non-hydrogen) atoms. The van der Waals surface area contributed by atoms with Gasteiger partial charge >= 0.3 is 0 Å². The third-order valence-electron chi connectivity index (χ3n) is 3.12. The van der Waals surface area contributed by atoms with Gasteiger partial charge in [0.05, 0.1) is 24.5 Å². The van der Waals surface area contributed by atoms with E-state index in [-0.39, 0.29) is 30.8 Å². The van der Waals surface area contributed by atoms with E-state index in [1.54, 1.807) is 0 Å². The number of hydrogen-bond acceptors (Lipinski definition) is 5. The Labute approximate surface area is 122 Å². The lowest BCUT2D eigenvalue weighted by Gasteiger charge is -2.31. The summed E-state index contributed by atoms with van der Waals surface area (Å²) < 4.78 is 29.7. The van der Waals surface area contributed by atoms with Gasteiger partial charge < -0.3 is 15.0 Å². The summed E-state index contributed by atoms with van der Waals surface area (Å²) >= 11 is 0. The molecule has 1 aromatic rings. The minimum Gasteiger partial charge on any atom is -0.374 e. The summed E-state index contributed by atoms with van der Waals surface area (Å²) in [6.45, 7) is 1.04. The van der Waals surface area contributed by atoms with Crippen LogP contribution in [-0.2, 0) is 14.8 Å². The highest BCUT2D eigenvalue weighted by molar-refractivity contribution is 7.88. The van der Waals surface area contributed by atoms with E-state index in [4.69, 9.17) is 10.00 Å². The maximum atomic E-state index is 11.9. The Bertz CT molecular complexity index is 661. The Balaban J connectivity index is 1.88. The number of sulfonamides is 1. The van der Waals surface area contributed by atoms with Crippen molar-refractivity contribution in [3.8, 4) is 6.07 Å². The van der Waals surface area contributed by atoms with Gasteiger partial charge in [0, 0.05) is 25.8 Å². The highest BCUT2D eigenvalue weighted by atomic mass is 32.2. The largest absolute Gasteiger partial charge is 0.374 e. The number of ether oxygens (including phenoxy) is 1. The van der Waals surface area contributed by atoms with Crippen molar-refractivity contribution >= 4 is 15.9 Å². The molecule has 1 aromatic heterocycles. The molecule has 0 radical (unpaired) electrons. The van der Waals surface area contributed by atoms with Crippen LogP contribution in [0.3, 0.4) is 0 Å². The number of nitriles is 1. The zero-order valence-corrected chi connectivity index (χ0v) is 12.3. The molecule has 0 bridgehead atoms. The minimum absolute atomic E-state index is 0.200. The Hall–Kier alpha value is -1.89. The molecule has 0 saturated carbocycles. The van der Waals surface area contributed by atoms with E-state index in [0.717, 1.165) is 6.26 Å². The third kappa shape index (κ3) is 4.04. The topological polar surface area (TPSA) is 115 Å². The fourth-order valence-electron chi connectivity index (χ4n) is 2.01. The molecule has 2 rings (SSSR count). The normalized spacial score (nSPS) is 19.9. The van der Waals surface area contributed by atoms with E-state index in [0.29, 0.717) is 18.7 Å². The number of carbonyl (C=O) groups is 1. The number of aromatic nitrogens is 1. The molecular weight excluding hydrogens is 296 g/mol. The molecule has 9 heteroatoms. The standard InChI is InChI=1S/C12H16N4O4S/c1-21(18,19)16-2-3-20-10(8-16)7-15-12(17)11-4-9(5-13)6-14-11/h4,6,10,14H,2-3,7-8H2,1H3,(H,15,17). The second-order valence-corrected chi connectivity index (χ2v) is 6.72. The lowest BCUT2D eigenvalue weighted by molar-refractivity contribution is 0.000415. The Morgan fingerprint density at radius 2 is 2.43 bits per heavy atom. The predicted molar refractivity (Wildman–Crippen MR) is 74.0 cm³/mol. The van der Waals surface area contributed by atoms with Crippen LogP contribution in [0.1, 0.15) is 16.1 Å². The van der Waals surface area contributed by atoms with Gasteiger partial charge in [-0.25, -0.2) is 8.42 Å². The molecule has 1 unspecified atom stereocenters. The van der Waals surface area contributed by atoms with Crippen molar-refractivity contribution in [2.24, 2.45) is 0 Å². The molecule has 1 aliphatic rings. The fraction of sp³-hybridized carbons (Fsp3) is 0.500. The van der Waals surface area contributed by atoms with Crippen LogP contribution >= 0.6 is 0 Å². The number of hydrogen-bond donors (Lipinski definition) is 2. The molecule has 1 atom stereocenters. The molecule has 0 spiro atoms. The lowest BCUT2D eigenvalue weighted by Crippen LogP contribution is -2.49. The first-order chi connectivity index (χ1) is 9.90. The first-order valence-electron chi connectivity index (χ1n) is 6.33. The molecule has 2 heterocycles. The first kappa shape index (κ1) is 15.5. The van der Waals surface area contributed by atoms with Crippen LogP contribution in [0, 0.1) is 11.3 Å². The number of H-pyrrole nitrogens is 1. The maximum Gasteiger partial charge on any atom is 0.267 e. The summed E-state index contributed by atoms with van der Waals surface area (Å²) in [5.74, 6) is -0.364. The summed E-state index contributed by atoms with van der Waals surface area (Å²) in [6, 6.07) is 3.37. The van der Waals surface area contributed by atoms with Crippen molar-refractivity contribution in [2.45, 2.75) is 6.10 Å². The van der Waals surface area contributed by atoms with E-state index < -0.39 is 10.0 Å². The number of morpholine rings is 1. The van der Waals surface area contributed by atoms with Gasteiger partial charge in [-0.1, -0.05) is 0 Å². The molecule has 2 N–H and O–H groups in total.